The molecule has 7 heteroatoms. The minimum atomic E-state index is -0.169. The SMILES string of the molecule is COCCNC(=O)c1sc(-c2ccc3c(C=O)c(O)ccc3c2)nc1C. The van der Waals surface area contributed by atoms with Gasteiger partial charge in [-0.05, 0) is 29.8 Å². The number of fused-ring (bicyclic) bond motifs is 1. The van der Waals surface area contributed by atoms with E-state index in [1.807, 2.05) is 12.1 Å². The van der Waals surface area contributed by atoms with Crippen molar-refractivity contribution >= 4 is 34.3 Å². The summed E-state index contributed by atoms with van der Waals surface area (Å²) in [5.41, 5.74) is 1.78. The number of aromatic hydroxyl groups is 1. The maximum absolute atomic E-state index is 12.3. The summed E-state index contributed by atoms with van der Waals surface area (Å²) in [7, 11) is 1.58. The van der Waals surface area contributed by atoms with Crippen molar-refractivity contribution in [3.63, 3.8) is 0 Å². The fourth-order valence-corrected chi connectivity index (χ4v) is 3.66. The molecular formula is C19H18N2O4S. The third-order valence-corrected chi connectivity index (χ3v) is 5.20. The first-order valence-corrected chi connectivity index (χ1v) is 8.82. The molecule has 0 saturated heterocycles. The number of phenols is 1. The average Bonchev–Trinajstić information content (AvgIpc) is 3.03. The molecule has 0 aliphatic heterocycles. The van der Waals surface area contributed by atoms with Crippen LogP contribution in [0.1, 0.15) is 25.7 Å². The van der Waals surface area contributed by atoms with Gasteiger partial charge in [0.1, 0.15) is 15.6 Å². The Labute approximate surface area is 154 Å². The number of methoxy groups -OCH3 is 1. The van der Waals surface area contributed by atoms with Crippen molar-refractivity contribution in [2.45, 2.75) is 6.92 Å². The number of ether oxygens (including phenoxy) is 1. The van der Waals surface area contributed by atoms with E-state index in [9.17, 15) is 14.7 Å². The normalized spacial score (nSPS) is 10.8. The van der Waals surface area contributed by atoms with Crippen molar-refractivity contribution in [2.24, 2.45) is 0 Å². The van der Waals surface area contributed by atoms with Crippen molar-refractivity contribution in [3.8, 4) is 16.3 Å². The lowest BCUT2D eigenvalue weighted by atomic mass is 10.0. The number of aromatic nitrogens is 1. The Morgan fingerprint density at radius 2 is 2.15 bits per heavy atom. The molecule has 134 valence electrons. The molecule has 26 heavy (non-hydrogen) atoms. The molecule has 0 unspecified atom stereocenters. The van der Waals surface area contributed by atoms with Crippen molar-refractivity contribution < 1.29 is 19.4 Å². The number of aryl methyl sites for hydroxylation is 1. The molecule has 0 aliphatic rings. The summed E-state index contributed by atoms with van der Waals surface area (Å²) in [5.74, 6) is -0.211. The van der Waals surface area contributed by atoms with Gasteiger partial charge in [-0.15, -0.1) is 11.3 Å². The Morgan fingerprint density at radius 3 is 2.88 bits per heavy atom. The number of hydrogen-bond acceptors (Lipinski definition) is 6. The number of rotatable bonds is 6. The van der Waals surface area contributed by atoms with Gasteiger partial charge < -0.3 is 15.2 Å². The van der Waals surface area contributed by atoms with Crippen LogP contribution in [0.3, 0.4) is 0 Å². The number of benzene rings is 2. The predicted octanol–water partition coefficient (Wildman–Crippen LogP) is 3.17. The molecule has 0 saturated carbocycles. The maximum Gasteiger partial charge on any atom is 0.263 e. The highest BCUT2D eigenvalue weighted by Gasteiger charge is 2.16. The highest BCUT2D eigenvalue weighted by Crippen LogP contribution is 2.32. The summed E-state index contributed by atoms with van der Waals surface area (Å²) in [6, 6.07) is 8.76. The molecular weight excluding hydrogens is 352 g/mol. The maximum atomic E-state index is 12.3. The highest BCUT2D eigenvalue weighted by molar-refractivity contribution is 7.17. The highest BCUT2D eigenvalue weighted by atomic mass is 32.1. The number of phenolic OH excluding ortho intramolecular Hbond substituents is 1. The van der Waals surface area contributed by atoms with Crippen molar-refractivity contribution in [1.29, 1.82) is 0 Å². The van der Waals surface area contributed by atoms with Crippen LogP contribution >= 0.6 is 11.3 Å². The fraction of sp³-hybridized carbons (Fsp3) is 0.211. The van der Waals surface area contributed by atoms with Crippen LogP contribution in [0.4, 0.5) is 0 Å². The van der Waals surface area contributed by atoms with Crippen LogP contribution in [0.2, 0.25) is 0 Å². The van der Waals surface area contributed by atoms with E-state index in [1.165, 1.54) is 17.4 Å². The molecule has 0 bridgehead atoms. The van der Waals surface area contributed by atoms with E-state index in [0.717, 1.165) is 16.0 Å². The van der Waals surface area contributed by atoms with Gasteiger partial charge in [0.05, 0.1) is 17.9 Å². The molecule has 0 aliphatic carbocycles. The van der Waals surface area contributed by atoms with Crippen LogP contribution in [-0.4, -0.2) is 42.5 Å². The van der Waals surface area contributed by atoms with Gasteiger partial charge in [0.2, 0.25) is 0 Å². The molecule has 2 N–H and O–H groups in total. The van der Waals surface area contributed by atoms with E-state index >= 15 is 0 Å². The number of hydrogen-bond donors (Lipinski definition) is 2. The van der Waals surface area contributed by atoms with Crippen molar-refractivity contribution in [1.82, 2.24) is 10.3 Å². The molecule has 3 rings (SSSR count). The smallest absolute Gasteiger partial charge is 0.263 e. The second-order valence-corrected chi connectivity index (χ2v) is 6.73. The Bertz CT molecular complexity index is 981. The molecule has 0 radical (unpaired) electrons. The number of carbonyl (C=O) groups is 2. The first-order valence-electron chi connectivity index (χ1n) is 8.01. The minimum Gasteiger partial charge on any atom is -0.507 e. The summed E-state index contributed by atoms with van der Waals surface area (Å²) in [5, 5.41) is 14.8. The Kier molecular flexibility index (Phi) is 5.29. The number of thiazole rings is 1. The summed E-state index contributed by atoms with van der Waals surface area (Å²) in [4.78, 5) is 28.5. The van der Waals surface area contributed by atoms with E-state index in [1.54, 1.807) is 26.2 Å². The van der Waals surface area contributed by atoms with Gasteiger partial charge in [-0.1, -0.05) is 18.2 Å². The number of amides is 1. The zero-order chi connectivity index (χ0) is 18.7. The van der Waals surface area contributed by atoms with Gasteiger partial charge in [-0.25, -0.2) is 4.98 Å². The van der Waals surface area contributed by atoms with Crippen molar-refractivity contribution in [2.75, 3.05) is 20.3 Å². The molecule has 1 amide bonds. The van der Waals surface area contributed by atoms with Gasteiger partial charge >= 0.3 is 0 Å². The van der Waals surface area contributed by atoms with E-state index < -0.39 is 0 Å². The van der Waals surface area contributed by atoms with Crippen LogP contribution in [0.15, 0.2) is 30.3 Å². The quantitative estimate of drug-likeness (QED) is 0.514. The standard InChI is InChI=1S/C19H18N2O4S/c1-11-17(18(24)20-7-8-25-2)26-19(21-11)13-3-5-14-12(9-13)4-6-16(23)15(14)10-22/h3-6,9-10,23H,7-8H2,1-2H3,(H,20,24). The van der Waals surface area contributed by atoms with Crippen LogP contribution in [0.5, 0.6) is 5.75 Å². The van der Waals surface area contributed by atoms with Gasteiger partial charge in [0.15, 0.2) is 6.29 Å². The van der Waals surface area contributed by atoms with E-state index in [4.69, 9.17) is 4.74 Å². The molecule has 2 aromatic carbocycles. The van der Waals surface area contributed by atoms with Crippen LogP contribution < -0.4 is 5.32 Å². The topological polar surface area (TPSA) is 88.5 Å². The number of carbonyl (C=O) groups excluding carboxylic acids is 2. The van der Waals surface area contributed by atoms with E-state index in [-0.39, 0.29) is 17.2 Å². The zero-order valence-electron chi connectivity index (χ0n) is 14.4. The van der Waals surface area contributed by atoms with Gasteiger partial charge in [0.25, 0.3) is 5.91 Å². The van der Waals surface area contributed by atoms with Gasteiger partial charge in [-0.3, -0.25) is 9.59 Å². The van der Waals surface area contributed by atoms with Crippen LogP contribution in [0.25, 0.3) is 21.3 Å². The molecule has 1 heterocycles. The lowest BCUT2D eigenvalue weighted by Gasteiger charge is -2.05. The largest absolute Gasteiger partial charge is 0.507 e. The monoisotopic (exact) mass is 370 g/mol. The Balaban J connectivity index is 1.94. The lowest BCUT2D eigenvalue weighted by Crippen LogP contribution is -2.26. The first-order chi connectivity index (χ1) is 12.5. The van der Waals surface area contributed by atoms with Gasteiger partial charge in [-0.2, -0.15) is 0 Å². The molecule has 0 fully saturated rings. The predicted molar refractivity (Wildman–Crippen MR) is 101 cm³/mol. The molecule has 1 aromatic heterocycles. The first kappa shape index (κ1) is 18.0. The summed E-state index contributed by atoms with van der Waals surface area (Å²) < 4.78 is 4.93. The summed E-state index contributed by atoms with van der Waals surface area (Å²) >= 11 is 1.32. The summed E-state index contributed by atoms with van der Waals surface area (Å²) in [6.45, 7) is 2.69. The minimum absolute atomic E-state index is 0.0413. The second kappa shape index (κ2) is 7.63. The van der Waals surface area contributed by atoms with Crippen LogP contribution in [-0.2, 0) is 4.74 Å². The average molecular weight is 370 g/mol. The van der Waals surface area contributed by atoms with E-state index in [2.05, 4.69) is 10.3 Å². The number of nitrogens with zero attached hydrogens (tertiary/aromatic N) is 1. The van der Waals surface area contributed by atoms with Crippen molar-refractivity contribution in [3.05, 3.63) is 46.5 Å². The van der Waals surface area contributed by atoms with E-state index in [0.29, 0.717) is 35.4 Å². The fourth-order valence-electron chi connectivity index (χ4n) is 2.68. The number of aldehydes is 1. The van der Waals surface area contributed by atoms with Gasteiger partial charge in [0, 0.05) is 19.2 Å². The number of nitrogens with one attached hydrogen (secondary N) is 1. The lowest BCUT2D eigenvalue weighted by molar-refractivity contribution is 0.0940. The molecule has 3 aromatic rings. The third kappa shape index (κ3) is 3.44. The Morgan fingerprint density at radius 1 is 1.35 bits per heavy atom. The molecule has 0 atom stereocenters. The van der Waals surface area contributed by atoms with Crippen LogP contribution in [0, 0.1) is 6.92 Å². The molecule has 6 nitrogen and oxygen atoms in total. The Hall–Kier alpha value is -2.77. The zero-order valence-corrected chi connectivity index (χ0v) is 15.2. The second-order valence-electron chi connectivity index (χ2n) is 5.73. The molecule has 0 spiro atoms. The third-order valence-electron chi connectivity index (χ3n) is 4.00. The summed E-state index contributed by atoms with van der Waals surface area (Å²) in [6.07, 6.45) is 0.646.